The highest BCUT2D eigenvalue weighted by Crippen LogP contribution is 2.05. The lowest BCUT2D eigenvalue weighted by atomic mass is 10.2. The number of hydrogen-bond donors (Lipinski definition) is 0. The van der Waals surface area contributed by atoms with E-state index in [2.05, 4.69) is 4.98 Å². The number of carbonyl (C=O) groups excluding carboxylic acids is 1. The first kappa shape index (κ1) is 15.2. The van der Waals surface area contributed by atoms with E-state index in [1.807, 2.05) is 6.92 Å². The Morgan fingerprint density at radius 1 is 1.24 bits per heavy atom. The molecule has 0 radical (unpaired) electrons. The van der Waals surface area contributed by atoms with Gasteiger partial charge in [-0.1, -0.05) is 0 Å². The van der Waals surface area contributed by atoms with Crippen LogP contribution in [-0.4, -0.2) is 24.5 Å². The van der Waals surface area contributed by atoms with Crippen molar-refractivity contribution in [2.24, 2.45) is 7.05 Å². The number of rotatable bonds is 6. The number of unbranched alkanes of at least 4 members (excludes halogenated alkanes) is 1. The van der Waals surface area contributed by atoms with Crippen LogP contribution in [0.5, 0.6) is 0 Å². The van der Waals surface area contributed by atoms with Gasteiger partial charge in [0, 0.05) is 26.6 Å². The summed E-state index contributed by atoms with van der Waals surface area (Å²) < 4.78 is 4.38. The van der Waals surface area contributed by atoms with Crippen LogP contribution in [0.15, 0.2) is 15.9 Å². The molecule has 0 aliphatic rings. The summed E-state index contributed by atoms with van der Waals surface area (Å²) in [6.45, 7) is 4.17. The van der Waals surface area contributed by atoms with E-state index in [9.17, 15) is 14.4 Å². The second-order valence-corrected chi connectivity index (χ2v) is 5.17. The average Bonchev–Trinajstić information content (AvgIpc) is 2.80. The summed E-state index contributed by atoms with van der Waals surface area (Å²) in [5.74, 6) is 0.121. The molecule has 0 atom stereocenters. The zero-order valence-corrected chi connectivity index (χ0v) is 12.6. The van der Waals surface area contributed by atoms with Crippen molar-refractivity contribution in [3.8, 4) is 0 Å². The minimum absolute atomic E-state index is 0.121. The zero-order valence-electron chi connectivity index (χ0n) is 12.6. The van der Waals surface area contributed by atoms with Crippen molar-refractivity contribution in [1.82, 2.24) is 18.7 Å². The van der Waals surface area contributed by atoms with Crippen LogP contribution in [0.25, 0.3) is 11.2 Å². The Labute approximate surface area is 121 Å². The minimum Gasteiger partial charge on any atom is -0.328 e. The highest BCUT2D eigenvalue weighted by atomic mass is 16.2. The van der Waals surface area contributed by atoms with E-state index >= 15 is 0 Å². The number of carbonyl (C=O) groups is 1. The van der Waals surface area contributed by atoms with Gasteiger partial charge in [-0.05, 0) is 26.7 Å². The van der Waals surface area contributed by atoms with E-state index in [4.69, 9.17) is 0 Å². The van der Waals surface area contributed by atoms with Gasteiger partial charge in [0.1, 0.15) is 5.78 Å². The minimum atomic E-state index is -0.337. The molecule has 0 bridgehead atoms. The van der Waals surface area contributed by atoms with Crippen LogP contribution < -0.4 is 11.2 Å². The van der Waals surface area contributed by atoms with E-state index < -0.39 is 0 Å². The number of hydrogen-bond acceptors (Lipinski definition) is 4. The molecule has 0 aliphatic heterocycles. The monoisotopic (exact) mass is 292 g/mol. The smallest absolute Gasteiger partial charge is 0.328 e. The van der Waals surface area contributed by atoms with Crippen LogP contribution in [0, 0.1) is 0 Å². The number of aromatic nitrogens is 4. The van der Waals surface area contributed by atoms with Gasteiger partial charge >= 0.3 is 5.69 Å². The first-order chi connectivity index (χ1) is 9.97. The van der Waals surface area contributed by atoms with E-state index in [0.717, 1.165) is 0 Å². The van der Waals surface area contributed by atoms with Crippen molar-refractivity contribution < 1.29 is 4.79 Å². The van der Waals surface area contributed by atoms with Crippen LogP contribution in [0.1, 0.15) is 33.1 Å². The summed E-state index contributed by atoms with van der Waals surface area (Å²) in [5, 5.41) is 0. The Hall–Kier alpha value is -2.18. The third-order valence-electron chi connectivity index (χ3n) is 3.56. The van der Waals surface area contributed by atoms with Crippen LogP contribution in [0.4, 0.5) is 0 Å². The normalized spacial score (nSPS) is 11.2. The predicted molar refractivity (Wildman–Crippen MR) is 79.4 cm³/mol. The van der Waals surface area contributed by atoms with Crippen LogP contribution >= 0.6 is 0 Å². The molecule has 21 heavy (non-hydrogen) atoms. The van der Waals surface area contributed by atoms with E-state index in [-0.39, 0.29) is 17.0 Å². The summed E-state index contributed by atoms with van der Waals surface area (Å²) in [6, 6.07) is 0. The Morgan fingerprint density at radius 3 is 2.57 bits per heavy atom. The average molecular weight is 292 g/mol. The van der Waals surface area contributed by atoms with Crippen molar-refractivity contribution in [3.63, 3.8) is 0 Å². The first-order valence-electron chi connectivity index (χ1n) is 7.11. The van der Waals surface area contributed by atoms with Crippen molar-refractivity contribution in [2.75, 3.05) is 0 Å². The second-order valence-electron chi connectivity index (χ2n) is 5.17. The van der Waals surface area contributed by atoms with Gasteiger partial charge in [-0.25, -0.2) is 9.78 Å². The quantitative estimate of drug-likeness (QED) is 0.733. The maximum absolute atomic E-state index is 12.4. The molecule has 0 unspecified atom stereocenters. The van der Waals surface area contributed by atoms with Crippen molar-refractivity contribution in [3.05, 3.63) is 27.2 Å². The van der Waals surface area contributed by atoms with Crippen LogP contribution in [-0.2, 0) is 24.9 Å². The molecule has 7 nitrogen and oxygen atoms in total. The molecule has 2 aromatic rings. The molecule has 0 amide bonds. The summed E-state index contributed by atoms with van der Waals surface area (Å²) in [5.41, 5.74) is 0.206. The Bertz CT molecular complexity index is 782. The largest absolute Gasteiger partial charge is 0.332 e. The summed E-state index contributed by atoms with van der Waals surface area (Å²) in [6.07, 6.45) is 3.32. The Morgan fingerprint density at radius 2 is 1.95 bits per heavy atom. The third-order valence-corrected chi connectivity index (χ3v) is 3.56. The fourth-order valence-corrected chi connectivity index (χ4v) is 2.44. The van der Waals surface area contributed by atoms with Crippen LogP contribution in [0.3, 0.4) is 0 Å². The fraction of sp³-hybridized carbons (Fsp3) is 0.571. The molecule has 0 spiro atoms. The van der Waals surface area contributed by atoms with Gasteiger partial charge in [-0.15, -0.1) is 0 Å². The molecular weight excluding hydrogens is 272 g/mol. The fourth-order valence-electron chi connectivity index (χ4n) is 2.44. The summed E-state index contributed by atoms with van der Waals surface area (Å²) in [4.78, 5) is 39.9. The maximum Gasteiger partial charge on any atom is 0.332 e. The lowest BCUT2D eigenvalue weighted by Crippen LogP contribution is -2.40. The van der Waals surface area contributed by atoms with Gasteiger partial charge in [-0.3, -0.25) is 13.9 Å². The third kappa shape index (κ3) is 2.81. The number of ketones is 1. The van der Waals surface area contributed by atoms with Crippen molar-refractivity contribution in [2.45, 2.75) is 46.2 Å². The molecule has 0 aromatic carbocycles. The van der Waals surface area contributed by atoms with Gasteiger partial charge in [0.25, 0.3) is 5.56 Å². The lowest BCUT2D eigenvalue weighted by molar-refractivity contribution is -0.117. The lowest BCUT2D eigenvalue weighted by Gasteiger charge is -2.10. The van der Waals surface area contributed by atoms with E-state index in [0.29, 0.717) is 43.5 Å². The molecule has 0 saturated heterocycles. The topological polar surface area (TPSA) is 78.9 Å². The number of Topliss-reactive ketones (excluding diaryl/α,β-unsaturated/α-hetero) is 1. The van der Waals surface area contributed by atoms with Gasteiger partial charge in [0.15, 0.2) is 11.2 Å². The SMILES string of the molecule is CCn1c(=O)n(CCCCC(C)=O)c(=O)c2c1ncn2C. The van der Waals surface area contributed by atoms with Gasteiger partial charge in [0.2, 0.25) is 0 Å². The van der Waals surface area contributed by atoms with Gasteiger partial charge in [0.05, 0.1) is 6.33 Å². The Kier molecular flexibility index (Phi) is 4.40. The maximum atomic E-state index is 12.4. The standard InChI is InChI=1S/C14H20N4O3/c1-4-17-12-11(16(3)9-15-12)13(20)18(14(17)21)8-6-5-7-10(2)19/h9H,4-8H2,1-3H3. The van der Waals surface area contributed by atoms with Crippen molar-refractivity contribution >= 4 is 16.9 Å². The first-order valence-corrected chi connectivity index (χ1v) is 7.11. The molecule has 0 fully saturated rings. The highest BCUT2D eigenvalue weighted by molar-refractivity contribution is 5.75. The molecule has 7 heteroatoms. The Balaban J connectivity index is 2.43. The van der Waals surface area contributed by atoms with Gasteiger partial charge < -0.3 is 9.36 Å². The van der Waals surface area contributed by atoms with Gasteiger partial charge in [-0.2, -0.15) is 0 Å². The number of nitrogens with zero attached hydrogens (tertiary/aromatic N) is 4. The molecule has 0 aliphatic carbocycles. The molecule has 2 heterocycles. The molecular formula is C14H20N4O3. The molecule has 0 saturated carbocycles. The summed E-state index contributed by atoms with van der Waals surface area (Å²) >= 11 is 0. The molecule has 2 rings (SSSR count). The number of fused-ring (bicyclic) bond motifs is 1. The highest BCUT2D eigenvalue weighted by Gasteiger charge is 2.15. The summed E-state index contributed by atoms with van der Waals surface area (Å²) in [7, 11) is 1.74. The second kappa shape index (κ2) is 6.07. The number of imidazole rings is 1. The molecule has 114 valence electrons. The van der Waals surface area contributed by atoms with Crippen LogP contribution in [0.2, 0.25) is 0 Å². The van der Waals surface area contributed by atoms with E-state index in [1.54, 1.807) is 11.6 Å². The number of aryl methyl sites for hydroxylation is 2. The molecule has 0 N–H and O–H groups in total. The zero-order chi connectivity index (χ0) is 15.6. The molecule has 2 aromatic heterocycles. The predicted octanol–water partition coefficient (Wildman–Crippen LogP) is 0.676. The van der Waals surface area contributed by atoms with E-state index in [1.165, 1.54) is 22.4 Å². The van der Waals surface area contributed by atoms with Crippen molar-refractivity contribution in [1.29, 1.82) is 0 Å².